The lowest BCUT2D eigenvalue weighted by Gasteiger charge is -2.21. The molecule has 138 valence electrons. The maximum absolute atomic E-state index is 12.9. The average molecular weight is 398 g/mol. The molecular weight excluding hydrogens is 381 g/mol. The van der Waals surface area contributed by atoms with Crippen LogP contribution >= 0.6 is 11.6 Å². The van der Waals surface area contributed by atoms with E-state index >= 15 is 0 Å². The van der Waals surface area contributed by atoms with Gasteiger partial charge in [-0.15, -0.1) is 0 Å². The number of nitrogens with one attached hydrogen (secondary N) is 1. The molecule has 0 radical (unpaired) electrons. The van der Waals surface area contributed by atoms with Crippen LogP contribution in [0, 0.1) is 5.82 Å². The summed E-state index contributed by atoms with van der Waals surface area (Å²) in [6.45, 7) is 1.18. The molecule has 0 atom stereocenters. The summed E-state index contributed by atoms with van der Waals surface area (Å²) >= 11 is 5.89. The van der Waals surface area contributed by atoms with Gasteiger partial charge in [0.05, 0.1) is 17.7 Å². The van der Waals surface area contributed by atoms with E-state index in [-0.39, 0.29) is 11.5 Å². The Morgan fingerprint density at radius 3 is 2.46 bits per heavy atom. The first kappa shape index (κ1) is 19.9. The minimum atomic E-state index is -3.70. The lowest BCUT2D eigenvalue weighted by Crippen LogP contribution is -2.39. The highest BCUT2D eigenvalue weighted by Crippen LogP contribution is 2.21. The van der Waals surface area contributed by atoms with Gasteiger partial charge < -0.3 is 0 Å². The highest BCUT2D eigenvalue weighted by molar-refractivity contribution is 7.92. The molecule has 0 aliphatic heterocycles. The summed E-state index contributed by atoms with van der Waals surface area (Å²) < 4.78 is 37.9. The van der Waals surface area contributed by atoms with Crippen LogP contribution in [-0.4, -0.2) is 32.8 Å². The summed E-state index contributed by atoms with van der Waals surface area (Å²) in [5.74, 6) is -1.01. The average Bonchev–Trinajstić information content (AvgIpc) is 2.57. The first-order valence-corrected chi connectivity index (χ1v) is 9.72. The molecule has 2 aromatic rings. The lowest BCUT2D eigenvalue weighted by atomic mass is 10.1. The molecule has 26 heavy (non-hydrogen) atoms. The maximum Gasteiger partial charge on any atom is 0.260 e. The standard InChI is InChI=1S/C17H17ClFN3O3S/c1-12(13-6-8-15(19)9-7-13)20-21-17(23)11-22(26(2,24)25)16-5-3-4-14(18)10-16/h3-10H,11H2,1-2H3,(H,21,23)/b20-12-. The van der Waals surface area contributed by atoms with E-state index in [4.69, 9.17) is 11.6 Å². The van der Waals surface area contributed by atoms with E-state index in [1.54, 1.807) is 19.1 Å². The van der Waals surface area contributed by atoms with Gasteiger partial charge in [0.1, 0.15) is 12.4 Å². The van der Waals surface area contributed by atoms with Crippen molar-refractivity contribution in [3.63, 3.8) is 0 Å². The zero-order valence-electron chi connectivity index (χ0n) is 14.1. The van der Waals surface area contributed by atoms with Gasteiger partial charge in [0, 0.05) is 5.02 Å². The number of hydrogen-bond acceptors (Lipinski definition) is 4. The monoisotopic (exact) mass is 397 g/mol. The molecule has 9 heteroatoms. The van der Waals surface area contributed by atoms with Crippen LogP contribution in [0.2, 0.25) is 5.02 Å². The molecule has 0 aliphatic rings. The highest BCUT2D eigenvalue weighted by atomic mass is 35.5. The van der Waals surface area contributed by atoms with Crippen LogP contribution in [0.1, 0.15) is 12.5 Å². The summed E-state index contributed by atoms with van der Waals surface area (Å²) in [4.78, 5) is 12.1. The number of anilines is 1. The summed E-state index contributed by atoms with van der Waals surface area (Å²) in [7, 11) is -3.70. The molecule has 0 unspecified atom stereocenters. The number of sulfonamides is 1. The number of nitrogens with zero attached hydrogens (tertiary/aromatic N) is 2. The van der Waals surface area contributed by atoms with Gasteiger partial charge in [0.2, 0.25) is 10.0 Å². The Morgan fingerprint density at radius 2 is 1.88 bits per heavy atom. The molecule has 0 fully saturated rings. The molecule has 1 N–H and O–H groups in total. The van der Waals surface area contributed by atoms with Crippen molar-refractivity contribution in [2.45, 2.75) is 6.92 Å². The topological polar surface area (TPSA) is 78.8 Å². The van der Waals surface area contributed by atoms with Crippen LogP contribution in [0.4, 0.5) is 10.1 Å². The predicted molar refractivity (Wildman–Crippen MR) is 100 cm³/mol. The molecule has 0 spiro atoms. The summed E-state index contributed by atoms with van der Waals surface area (Å²) in [6, 6.07) is 11.8. The van der Waals surface area contributed by atoms with E-state index in [1.165, 1.54) is 36.4 Å². The third-order valence-electron chi connectivity index (χ3n) is 3.39. The number of carbonyl (C=O) groups excluding carboxylic acids is 1. The Balaban J connectivity index is 2.12. The second kappa shape index (κ2) is 8.29. The van der Waals surface area contributed by atoms with Crippen molar-refractivity contribution in [2.24, 2.45) is 5.10 Å². The van der Waals surface area contributed by atoms with Gasteiger partial charge in [-0.3, -0.25) is 9.10 Å². The predicted octanol–water partition coefficient (Wildman–Crippen LogP) is 2.79. The summed E-state index contributed by atoms with van der Waals surface area (Å²) in [6.07, 6.45) is 0.994. The summed E-state index contributed by atoms with van der Waals surface area (Å²) in [5, 5.41) is 4.27. The quantitative estimate of drug-likeness (QED) is 0.601. The number of hydrazone groups is 1. The molecular formula is C17H17ClFN3O3S. The zero-order chi connectivity index (χ0) is 19.3. The van der Waals surface area contributed by atoms with Crippen LogP contribution in [-0.2, 0) is 14.8 Å². The Kier molecular flexibility index (Phi) is 6.33. The Morgan fingerprint density at radius 1 is 1.23 bits per heavy atom. The molecule has 6 nitrogen and oxygen atoms in total. The highest BCUT2D eigenvalue weighted by Gasteiger charge is 2.21. The molecule has 0 saturated heterocycles. The Hall–Kier alpha value is -2.45. The van der Waals surface area contributed by atoms with E-state index in [2.05, 4.69) is 10.5 Å². The van der Waals surface area contributed by atoms with Gasteiger partial charge in [0.25, 0.3) is 5.91 Å². The van der Waals surface area contributed by atoms with Gasteiger partial charge in [-0.05, 0) is 42.8 Å². The van der Waals surface area contributed by atoms with E-state index < -0.39 is 22.5 Å². The smallest absolute Gasteiger partial charge is 0.260 e. The van der Waals surface area contributed by atoms with Crippen molar-refractivity contribution >= 4 is 38.9 Å². The molecule has 0 heterocycles. The van der Waals surface area contributed by atoms with Crippen molar-refractivity contribution in [2.75, 3.05) is 17.1 Å². The molecule has 0 aliphatic carbocycles. The van der Waals surface area contributed by atoms with Crippen LogP contribution < -0.4 is 9.73 Å². The normalized spacial score (nSPS) is 11.9. The van der Waals surface area contributed by atoms with Crippen LogP contribution in [0.15, 0.2) is 53.6 Å². The number of benzene rings is 2. The van der Waals surface area contributed by atoms with Gasteiger partial charge in [-0.2, -0.15) is 5.10 Å². The second-order valence-corrected chi connectivity index (χ2v) is 7.83. The SMILES string of the molecule is C/C(=N/NC(=O)CN(c1cccc(Cl)c1)S(C)(=O)=O)c1ccc(F)cc1. The van der Waals surface area contributed by atoms with Gasteiger partial charge in [0.15, 0.2) is 0 Å². The van der Waals surface area contributed by atoms with Crippen molar-refractivity contribution in [1.29, 1.82) is 0 Å². The van der Waals surface area contributed by atoms with Crippen LogP contribution in [0.3, 0.4) is 0 Å². The van der Waals surface area contributed by atoms with Gasteiger partial charge in [-0.1, -0.05) is 29.8 Å². The van der Waals surface area contributed by atoms with Crippen molar-refractivity contribution in [1.82, 2.24) is 5.43 Å². The van der Waals surface area contributed by atoms with Crippen molar-refractivity contribution in [3.05, 3.63) is 64.9 Å². The van der Waals surface area contributed by atoms with Crippen LogP contribution in [0.5, 0.6) is 0 Å². The first-order valence-electron chi connectivity index (χ1n) is 7.49. The molecule has 2 aromatic carbocycles. The largest absolute Gasteiger partial charge is 0.271 e. The first-order chi connectivity index (χ1) is 12.2. The van der Waals surface area contributed by atoms with E-state index in [9.17, 15) is 17.6 Å². The molecule has 0 aromatic heterocycles. The fraction of sp³-hybridized carbons (Fsp3) is 0.176. The number of halogens is 2. The fourth-order valence-corrected chi connectivity index (χ4v) is 3.13. The Bertz CT molecular complexity index is 931. The van der Waals surface area contributed by atoms with Crippen molar-refractivity contribution in [3.8, 4) is 0 Å². The fourth-order valence-electron chi connectivity index (χ4n) is 2.10. The Labute approximate surface area is 156 Å². The van der Waals surface area contributed by atoms with Gasteiger partial charge in [-0.25, -0.2) is 18.2 Å². The molecule has 1 amide bonds. The van der Waals surface area contributed by atoms with Crippen LogP contribution in [0.25, 0.3) is 0 Å². The summed E-state index contributed by atoms with van der Waals surface area (Å²) in [5.41, 5.74) is 3.65. The minimum absolute atomic E-state index is 0.273. The maximum atomic E-state index is 12.9. The van der Waals surface area contributed by atoms with Gasteiger partial charge >= 0.3 is 0 Å². The number of rotatable bonds is 6. The number of hydrogen-bond donors (Lipinski definition) is 1. The number of amides is 1. The molecule has 2 rings (SSSR count). The second-order valence-electron chi connectivity index (χ2n) is 5.49. The third-order valence-corrected chi connectivity index (χ3v) is 4.77. The van der Waals surface area contributed by atoms with Crippen molar-refractivity contribution < 1.29 is 17.6 Å². The van der Waals surface area contributed by atoms with E-state index in [1.807, 2.05) is 0 Å². The molecule has 0 bridgehead atoms. The zero-order valence-corrected chi connectivity index (χ0v) is 15.7. The lowest BCUT2D eigenvalue weighted by molar-refractivity contribution is -0.119. The van der Waals surface area contributed by atoms with E-state index in [0.717, 1.165) is 10.6 Å². The minimum Gasteiger partial charge on any atom is -0.271 e. The third kappa shape index (κ3) is 5.53. The molecule has 0 saturated carbocycles. The number of carbonyl (C=O) groups is 1. The van der Waals surface area contributed by atoms with E-state index in [0.29, 0.717) is 16.3 Å².